The quantitative estimate of drug-likeness (QED) is 0.735. The molecule has 0 fully saturated rings. The summed E-state index contributed by atoms with van der Waals surface area (Å²) >= 11 is 7.26. The van der Waals surface area contributed by atoms with Crippen molar-refractivity contribution in [3.05, 3.63) is 21.3 Å². The predicted octanol–water partition coefficient (Wildman–Crippen LogP) is 2.84. The Morgan fingerprint density at radius 3 is 2.90 bits per heavy atom. The Kier molecular flexibility index (Phi) is 2.72. The van der Waals surface area contributed by atoms with Gasteiger partial charge in [0.15, 0.2) is 0 Å². The van der Waals surface area contributed by atoms with Gasteiger partial charge < -0.3 is 5.11 Å². The van der Waals surface area contributed by atoms with E-state index >= 15 is 0 Å². The zero-order valence-corrected chi connectivity index (χ0v) is 7.25. The molecule has 1 atom stereocenters. The third kappa shape index (κ3) is 1.51. The fourth-order valence-corrected chi connectivity index (χ4v) is 1.98. The van der Waals surface area contributed by atoms with Gasteiger partial charge in [0, 0.05) is 0 Å². The van der Waals surface area contributed by atoms with Crippen molar-refractivity contribution in [1.29, 1.82) is 0 Å². The van der Waals surface area contributed by atoms with Crippen molar-refractivity contribution in [2.45, 2.75) is 19.4 Å². The number of hydrogen-bond donors (Lipinski definition) is 1. The fraction of sp³-hybridized carbons (Fsp3) is 0.429. The summed E-state index contributed by atoms with van der Waals surface area (Å²) in [6, 6.07) is 1.81. The first kappa shape index (κ1) is 8.05. The average molecular weight is 177 g/mol. The van der Waals surface area contributed by atoms with Crippen molar-refractivity contribution in [3.8, 4) is 0 Å². The summed E-state index contributed by atoms with van der Waals surface area (Å²) in [5.74, 6) is 0. The lowest BCUT2D eigenvalue weighted by atomic mass is 10.2. The summed E-state index contributed by atoms with van der Waals surface area (Å²) in [5, 5.41) is 11.9. The Bertz CT molecular complexity index is 209. The highest BCUT2D eigenvalue weighted by Crippen LogP contribution is 2.29. The minimum Gasteiger partial charge on any atom is -0.388 e. The lowest BCUT2D eigenvalue weighted by molar-refractivity contribution is 0.177. The van der Waals surface area contributed by atoms with E-state index in [4.69, 9.17) is 11.6 Å². The lowest BCUT2D eigenvalue weighted by Crippen LogP contribution is -1.90. The summed E-state index contributed by atoms with van der Waals surface area (Å²) < 4.78 is 0. The largest absolute Gasteiger partial charge is 0.388 e. The third-order valence-corrected chi connectivity index (χ3v) is 2.79. The number of hydrogen-bond acceptors (Lipinski definition) is 2. The van der Waals surface area contributed by atoms with Gasteiger partial charge in [0.2, 0.25) is 0 Å². The SMILES string of the molecule is CC[C@H](O)c1sccc1Cl. The van der Waals surface area contributed by atoms with Gasteiger partial charge in [0.1, 0.15) is 0 Å². The molecule has 1 nitrogen and oxygen atoms in total. The van der Waals surface area contributed by atoms with Crippen LogP contribution in [0.2, 0.25) is 5.02 Å². The van der Waals surface area contributed by atoms with E-state index in [2.05, 4.69) is 0 Å². The predicted molar refractivity (Wildman–Crippen MR) is 44.6 cm³/mol. The Balaban J connectivity index is 2.82. The van der Waals surface area contributed by atoms with Crippen molar-refractivity contribution in [2.24, 2.45) is 0 Å². The molecule has 56 valence electrons. The number of rotatable bonds is 2. The maximum atomic E-state index is 9.32. The highest BCUT2D eigenvalue weighted by molar-refractivity contribution is 7.10. The molecule has 1 N–H and O–H groups in total. The summed E-state index contributed by atoms with van der Waals surface area (Å²) in [6.45, 7) is 1.93. The van der Waals surface area contributed by atoms with E-state index in [0.29, 0.717) is 5.02 Å². The van der Waals surface area contributed by atoms with Crippen LogP contribution < -0.4 is 0 Å². The summed E-state index contributed by atoms with van der Waals surface area (Å²) in [7, 11) is 0. The second-order valence-electron chi connectivity index (χ2n) is 2.06. The highest BCUT2D eigenvalue weighted by atomic mass is 35.5. The molecule has 0 aliphatic heterocycles. The first-order valence-corrected chi connectivity index (χ1v) is 4.42. The molecule has 0 unspecified atom stereocenters. The monoisotopic (exact) mass is 176 g/mol. The molecule has 1 aromatic rings. The van der Waals surface area contributed by atoms with Crippen LogP contribution in [0.15, 0.2) is 11.4 Å². The van der Waals surface area contributed by atoms with E-state index in [9.17, 15) is 5.11 Å². The average Bonchev–Trinajstić information content (AvgIpc) is 2.34. The molecule has 0 saturated carbocycles. The van der Waals surface area contributed by atoms with Crippen molar-refractivity contribution in [1.82, 2.24) is 0 Å². The number of thiophene rings is 1. The van der Waals surface area contributed by atoms with Crippen LogP contribution in [-0.4, -0.2) is 5.11 Å². The zero-order chi connectivity index (χ0) is 7.56. The Morgan fingerprint density at radius 1 is 1.80 bits per heavy atom. The molecule has 0 spiro atoms. The maximum absolute atomic E-state index is 9.32. The molecule has 0 saturated heterocycles. The van der Waals surface area contributed by atoms with Crippen LogP contribution in [-0.2, 0) is 0 Å². The minimum absolute atomic E-state index is 0.382. The summed E-state index contributed by atoms with van der Waals surface area (Å²) in [5.41, 5.74) is 0. The second-order valence-corrected chi connectivity index (χ2v) is 3.41. The van der Waals surface area contributed by atoms with E-state index < -0.39 is 0 Å². The van der Waals surface area contributed by atoms with Crippen LogP contribution in [0.25, 0.3) is 0 Å². The maximum Gasteiger partial charge on any atom is 0.0894 e. The first-order valence-electron chi connectivity index (χ1n) is 3.16. The Morgan fingerprint density at radius 2 is 2.50 bits per heavy atom. The molecule has 0 amide bonds. The molecular formula is C7H9ClOS. The molecule has 0 bridgehead atoms. The molecule has 0 aliphatic rings. The van der Waals surface area contributed by atoms with Gasteiger partial charge in [-0.1, -0.05) is 18.5 Å². The molecule has 0 aliphatic carbocycles. The van der Waals surface area contributed by atoms with Gasteiger partial charge in [-0.25, -0.2) is 0 Å². The summed E-state index contributed by atoms with van der Waals surface area (Å²) in [4.78, 5) is 0.879. The molecule has 0 aromatic carbocycles. The van der Waals surface area contributed by atoms with E-state index in [0.717, 1.165) is 11.3 Å². The van der Waals surface area contributed by atoms with Gasteiger partial charge in [0.05, 0.1) is 16.0 Å². The van der Waals surface area contributed by atoms with Gasteiger partial charge in [-0.3, -0.25) is 0 Å². The lowest BCUT2D eigenvalue weighted by Gasteiger charge is -2.03. The number of aliphatic hydroxyl groups is 1. The van der Waals surface area contributed by atoms with Crippen molar-refractivity contribution >= 4 is 22.9 Å². The van der Waals surface area contributed by atoms with E-state index in [1.165, 1.54) is 11.3 Å². The number of halogens is 1. The van der Waals surface area contributed by atoms with Crippen LogP contribution in [0.5, 0.6) is 0 Å². The minimum atomic E-state index is -0.382. The van der Waals surface area contributed by atoms with Crippen LogP contribution in [0.1, 0.15) is 24.3 Å². The van der Waals surface area contributed by atoms with Gasteiger partial charge in [-0.2, -0.15) is 0 Å². The molecule has 1 heterocycles. The zero-order valence-electron chi connectivity index (χ0n) is 5.67. The van der Waals surface area contributed by atoms with E-state index in [-0.39, 0.29) is 6.10 Å². The van der Waals surface area contributed by atoms with Crippen molar-refractivity contribution in [2.75, 3.05) is 0 Å². The molecule has 1 aromatic heterocycles. The van der Waals surface area contributed by atoms with Crippen LogP contribution in [0.4, 0.5) is 0 Å². The standard InChI is InChI=1S/C7H9ClOS/c1-2-6(9)7-5(8)3-4-10-7/h3-4,6,9H,2H2,1H3/t6-/m0/s1. The normalized spacial score (nSPS) is 13.5. The van der Waals surface area contributed by atoms with Crippen LogP contribution in [0, 0.1) is 0 Å². The van der Waals surface area contributed by atoms with Crippen molar-refractivity contribution in [3.63, 3.8) is 0 Å². The summed E-state index contributed by atoms with van der Waals surface area (Å²) in [6.07, 6.45) is 0.341. The molecule has 0 radical (unpaired) electrons. The third-order valence-electron chi connectivity index (χ3n) is 1.33. The molecular weight excluding hydrogens is 168 g/mol. The molecule has 10 heavy (non-hydrogen) atoms. The van der Waals surface area contributed by atoms with Gasteiger partial charge in [0.25, 0.3) is 0 Å². The second kappa shape index (κ2) is 3.37. The van der Waals surface area contributed by atoms with Gasteiger partial charge >= 0.3 is 0 Å². The van der Waals surface area contributed by atoms with Gasteiger partial charge in [-0.15, -0.1) is 11.3 Å². The highest BCUT2D eigenvalue weighted by Gasteiger charge is 2.09. The van der Waals surface area contributed by atoms with Crippen LogP contribution >= 0.6 is 22.9 Å². The Labute approximate surface area is 69.3 Å². The molecule has 3 heteroatoms. The van der Waals surface area contributed by atoms with Crippen LogP contribution in [0.3, 0.4) is 0 Å². The first-order chi connectivity index (χ1) is 4.75. The molecule has 1 rings (SSSR count). The number of aliphatic hydroxyl groups excluding tert-OH is 1. The fourth-order valence-electron chi connectivity index (χ4n) is 0.729. The van der Waals surface area contributed by atoms with E-state index in [1.54, 1.807) is 6.07 Å². The van der Waals surface area contributed by atoms with Crippen molar-refractivity contribution < 1.29 is 5.11 Å². The topological polar surface area (TPSA) is 20.2 Å². The Hall–Kier alpha value is -0.0500. The smallest absolute Gasteiger partial charge is 0.0894 e. The van der Waals surface area contributed by atoms with E-state index in [1.807, 2.05) is 12.3 Å². The van der Waals surface area contributed by atoms with Gasteiger partial charge in [-0.05, 0) is 17.9 Å².